The first-order valence-corrected chi connectivity index (χ1v) is 12.0. The van der Waals surface area contributed by atoms with E-state index in [9.17, 15) is 16.8 Å². The molecule has 2 aromatic rings. The molecule has 0 N–H and O–H groups in total. The number of rotatable bonds is 10. The minimum atomic E-state index is -3.15. The van der Waals surface area contributed by atoms with Crippen LogP contribution in [0, 0.1) is 0 Å². The van der Waals surface area contributed by atoms with Crippen LogP contribution < -0.4 is 0 Å². The fourth-order valence-electron chi connectivity index (χ4n) is 2.62. The van der Waals surface area contributed by atoms with Crippen LogP contribution in [0.1, 0.15) is 30.4 Å². The summed E-state index contributed by atoms with van der Waals surface area (Å²) in [5.74, 6) is 0.279. The first kappa shape index (κ1) is 19.7. The van der Waals surface area contributed by atoms with Crippen LogP contribution in [0.15, 0.2) is 60.7 Å². The molecule has 0 fully saturated rings. The van der Waals surface area contributed by atoms with Crippen molar-refractivity contribution in [2.45, 2.75) is 30.8 Å². The highest BCUT2D eigenvalue weighted by molar-refractivity contribution is 7.90. The zero-order valence-corrected chi connectivity index (χ0v) is 15.8. The van der Waals surface area contributed by atoms with Crippen molar-refractivity contribution in [3.8, 4) is 0 Å². The van der Waals surface area contributed by atoms with Gasteiger partial charge in [-0.2, -0.15) is 0 Å². The van der Waals surface area contributed by atoms with Gasteiger partial charge in [-0.05, 0) is 24.0 Å². The maximum absolute atomic E-state index is 12.1. The van der Waals surface area contributed by atoms with Crippen molar-refractivity contribution in [2.24, 2.45) is 0 Å². The fourth-order valence-corrected chi connectivity index (χ4v) is 5.60. The van der Waals surface area contributed by atoms with Crippen molar-refractivity contribution < 1.29 is 16.8 Å². The molecule has 0 saturated heterocycles. The molecule has 0 spiro atoms. The third-order valence-corrected chi connectivity index (χ3v) is 7.24. The average Bonchev–Trinajstić information content (AvgIpc) is 2.55. The predicted molar refractivity (Wildman–Crippen MR) is 102 cm³/mol. The van der Waals surface area contributed by atoms with Gasteiger partial charge in [0.25, 0.3) is 0 Å². The van der Waals surface area contributed by atoms with Gasteiger partial charge in [0.05, 0.1) is 23.0 Å². The lowest BCUT2D eigenvalue weighted by Gasteiger charge is -2.06. The van der Waals surface area contributed by atoms with Crippen molar-refractivity contribution in [2.75, 3.05) is 11.5 Å². The summed E-state index contributed by atoms with van der Waals surface area (Å²) < 4.78 is 48.3. The van der Waals surface area contributed by atoms with Crippen LogP contribution in [0.25, 0.3) is 0 Å². The van der Waals surface area contributed by atoms with E-state index in [1.165, 1.54) is 0 Å². The van der Waals surface area contributed by atoms with Gasteiger partial charge in [0, 0.05) is 0 Å². The Bertz CT molecular complexity index is 769. The molecule has 0 aliphatic rings. The SMILES string of the molecule is O=S(=O)(CCCCCS(=O)(=O)Cc1ccccc1)Cc1ccccc1. The smallest absolute Gasteiger partial charge is 0.154 e. The maximum Gasteiger partial charge on any atom is 0.154 e. The van der Waals surface area contributed by atoms with Crippen LogP contribution in [0.3, 0.4) is 0 Å². The Hall–Kier alpha value is -1.66. The van der Waals surface area contributed by atoms with Gasteiger partial charge in [-0.3, -0.25) is 0 Å². The van der Waals surface area contributed by atoms with Gasteiger partial charge in [0.15, 0.2) is 19.7 Å². The Morgan fingerprint density at radius 2 is 0.880 bits per heavy atom. The van der Waals surface area contributed by atoms with Crippen molar-refractivity contribution in [1.29, 1.82) is 0 Å². The minimum absolute atomic E-state index is 0.0418. The summed E-state index contributed by atoms with van der Waals surface area (Å²) in [5.41, 5.74) is 1.57. The molecule has 4 nitrogen and oxygen atoms in total. The van der Waals surface area contributed by atoms with Gasteiger partial charge in [-0.1, -0.05) is 67.1 Å². The van der Waals surface area contributed by atoms with Gasteiger partial charge in [0.2, 0.25) is 0 Å². The minimum Gasteiger partial charge on any atom is -0.228 e. The molecule has 0 aliphatic carbocycles. The molecule has 0 saturated carbocycles. The van der Waals surface area contributed by atoms with Gasteiger partial charge in [0.1, 0.15) is 0 Å². The molecule has 0 unspecified atom stereocenters. The van der Waals surface area contributed by atoms with Gasteiger partial charge in [-0.25, -0.2) is 16.8 Å². The van der Waals surface area contributed by atoms with E-state index in [2.05, 4.69) is 0 Å². The van der Waals surface area contributed by atoms with E-state index < -0.39 is 19.7 Å². The molecule has 6 heteroatoms. The van der Waals surface area contributed by atoms with E-state index in [4.69, 9.17) is 0 Å². The molecule has 0 heterocycles. The average molecular weight is 381 g/mol. The summed E-state index contributed by atoms with van der Waals surface area (Å²) in [4.78, 5) is 0. The van der Waals surface area contributed by atoms with E-state index >= 15 is 0 Å². The van der Waals surface area contributed by atoms with Crippen LogP contribution in [-0.2, 0) is 31.2 Å². The molecule has 0 aliphatic heterocycles. The van der Waals surface area contributed by atoms with Gasteiger partial charge < -0.3 is 0 Å². The Morgan fingerprint density at radius 3 is 1.24 bits per heavy atom. The Labute approximate surface area is 150 Å². The molecule has 2 aromatic carbocycles. The number of benzene rings is 2. The zero-order valence-electron chi connectivity index (χ0n) is 14.2. The topological polar surface area (TPSA) is 68.3 Å². The molecule has 136 valence electrons. The summed E-state index contributed by atoms with van der Waals surface area (Å²) in [7, 11) is -6.30. The van der Waals surface area contributed by atoms with Gasteiger partial charge in [-0.15, -0.1) is 0 Å². The van der Waals surface area contributed by atoms with E-state index in [1.807, 2.05) is 36.4 Å². The number of hydrogen-bond acceptors (Lipinski definition) is 4. The molecular formula is C19H24O4S2. The van der Waals surface area contributed by atoms with Gasteiger partial charge >= 0.3 is 0 Å². The molecule has 0 amide bonds. The fraction of sp³-hybridized carbons (Fsp3) is 0.368. The molecule has 25 heavy (non-hydrogen) atoms. The van der Waals surface area contributed by atoms with E-state index in [0.29, 0.717) is 19.3 Å². The highest BCUT2D eigenvalue weighted by atomic mass is 32.2. The first-order valence-electron chi connectivity index (χ1n) is 8.35. The Morgan fingerprint density at radius 1 is 0.520 bits per heavy atom. The maximum atomic E-state index is 12.1. The van der Waals surface area contributed by atoms with Crippen molar-refractivity contribution in [1.82, 2.24) is 0 Å². The van der Waals surface area contributed by atoms with Crippen molar-refractivity contribution in [3.63, 3.8) is 0 Å². The van der Waals surface area contributed by atoms with Crippen LogP contribution >= 0.6 is 0 Å². The lowest BCUT2D eigenvalue weighted by atomic mass is 10.2. The normalized spacial score (nSPS) is 12.2. The lowest BCUT2D eigenvalue weighted by Crippen LogP contribution is -2.11. The molecule has 0 radical (unpaired) electrons. The summed E-state index contributed by atoms with van der Waals surface area (Å²) in [6.07, 6.45) is 1.59. The Kier molecular flexibility index (Phi) is 7.20. The largest absolute Gasteiger partial charge is 0.228 e. The third-order valence-electron chi connectivity index (χ3n) is 3.87. The van der Waals surface area contributed by atoms with Crippen molar-refractivity contribution in [3.05, 3.63) is 71.8 Å². The first-order chi connectivity index (χ1) is 11.9. The second-order valence-electron chi connectivity index (χ2n) is 6.22. The summed E-state index contributed by atoms with van der Waals surface area (Å²) >= 11 is 0. The predicted octanol–water partition coefficient (Wildman–Crippen LogP) is 3.39. The zero-order chi connectivity index (χ0) is 18.2. The number of sulfone groups is 2. The van der Waals surface area contributed by atoms with Crippen LogP contribution in [0.5, 0.6) is 0 Å². The van der Waals surface area contributed by atoms with Crippen LogP contribution in [0.2, 0.25) is 0 Å². The van der Waals surface area contributed by atoms with E-state index in [1.54, 1.807) is 24.3 Å². The molecule has 2 rings (SSSR count). The highest BCUT2D eigenvalue weighted by Gasteiger charge is 2.14. The lowest BCUT2D eigenvalue weighted by molar-refractivity contribution is 0.586. The van der Waals surface area contributed by atoms with E-state index in [0.717, 1.165) is 11.1 Å². The standard InChI is InChI=1S/C19H24O4S2/c20-24(21,16-18-10-4-1-5-11-18)14-8-3-9-15-25(22,23)17-19-12-6-2-7-13-19/h1-2,4-7,10-13H,3,8-9,14-17H2. The molecule has 0 atom stereocenters. The molecule has 0 bridgehead atoms. The highest BCUT2D eigenvalue weighted by Crippen LogP contribution is 2.11. The van der Waals surface area contributed by atoms with Crippen LogP contribution in [-0.4, -0.2) is 28.3 Å². The molecule has 0 aromatic heterocycles. The van der Waals surface area contributed by atoms with E-state index in [-0.39, 0.29) is 23.0 Å². The number of hydrogen-bond donors (Lipinski definition) is 0. The monoisotopic (exact) mass is 380 g/mol. The van der Waals surface area contributed by atoms with Crippen LogP contribution in [0.4, 0.5) is 0 Å². The van der Waals surface area contributed by atoms with Crippen molar-refractivity contribution >= 4 is 19.7 Å². The summed E-state index contributed by atoms with van der Waals surface area (Å²) in [6, 6.07) is 18.2. The number of unbranched alkanes of at least 4 members (excludes halogenated alkanes) is 2. The summed E-state index contributed by atoms with van der Waals surface area (Å²) in [6.45, 7) is 0. The third kappa shape index (κ3) is 7.84. The quantitative estimate of drug-likeness (QED) is 0.593. The molecular weight excluding hydrogens is 356 g/mol. The Balaban J connectivity index is 1.70. The summed E-state index contributed by atoms with van der Waals surface area (Å²) in [5, 5.41) is 0. The second-order valence-corrected chi connectivity index (χ2v) is 10.6. The second kappa shape index (κ2) is 9.15.